The van der Waals surface area contributed by atoms with Crippen molar-refractivity contribution in [3.05, 3.63) is 48.8 Å². The highest BCUT2D eigenvalue weighted by Gasteiger charge is 2.60. The molecule has 0 saturated carbocycles. The summed E-state index contributed by atoms with van der Waals surface area (Å²) in [7, 11) is 0. The van der Waals surface area contributed by atoms with E-state index >= 15 is 0 Å². The Hall–Kier alpha value is -0.820. The Morgan fingerprint density at radius 3 is 1.47 bits per heavy atom. The molecular formula is C22H32N5PS2. The molecule has 0 bridgehead atoms. The summed E-state index contributed by atoms with van der Waals surface area (Å²) in [6.45, 7) is 6.16. The molecule has 5 nitrogen and oxygen atoms in total. The van der Waals surface area contributed by atoms with Crippen molar-refractivity contribution in [3.63, 3.8) is 0 Å². The average molecular weight is 462 g/mol. The van der Waals surface area contributed by atoms with Crippen molar-refractivity contribution < 1.29 is 0 Å². The van der Waals surface area contributed by atoms with Gasteiger partial charge in [0.2, 0.25) is 0 Å². The molecule has 3 aliphatic rings. The van der Waals surface area contributed by atoms with Crippen molar-refractivity contribution in [1.29, 1.82) is 0 Å². The van der Waals surface area contributed by atoms with Crippen LogP contribution in [0, 0.1) is 0 Å². The highest BCUT2D eigenvalue weighted by Crippen LogP contribution is 2.80. The van der Waals surface area contributed by atoms with E-state index in [1.165, 1.54) is 82.8 Å². The van der Waals surface area contributed by atoms with E-state index in [1.54, 1.807) is 12.3 Å². The standard InChI is InChI=1S/C17H28N4PS.C5H5NS/c1-2-10-18-17(9-1)23-22(19-11-3-4-12-19,20-13-5-6-14-20)21-15-7-8-16-21;7-5-3-1-2-4-6-5/h1-2,9-10H,3-8,11-16H2;1-4H,(H,6,7)/q+1;/p-1. The molecule has 5 rings (SSSR count). The van der Waals surface area contributed by atoms with Gasteiger partial charge in [-0.3, -0.25) is 4.98 Å². The van der Waals surface area contributed by atoms with Gasteiger partial charge < -0.3 is 12.6 Å². The normalized spacial score (nSPS) is 20.9. The Bertz CT molecular complexity index is 708. The Labute approximate surface area is 191 Å². The summed E-state index contributed by atoms with van der Waals surface area (Å²) in [6.07, 6.45) is 11.8. The number of pyridine rings is 2. The highest BCUT2D eigenvalue weighted by atomic mass is 32.7. The number of hydrogen-bond donors (Lipinski definition) is 0. The lowest BCUT2D eigenvalue weighted by molar-refractivity contribution is 0.390. The minimum atomic E-state index is -1.51. The van der Waals surface area contributed by atoms with E-state index in [0.717, 1.165) is 0 Å². The third kappa shape index (κ3) is 5.32. The van der Waals surface area contributed by atoms with Gasteiger partial charge in [-0.05, 0) is 56.7 Å². The fourth-order valence-electron chi connectivity index (χ4n) is 4.47. The van der Waals surface area contributed by atoms with Gasteiger partial charge in [0.05, 0.1) is 0 Å². The molecule has 5 heterocycles. The predicted octanol–water partition coefficient (Wildman–Crippen LogP) is 5.13. The molecule has 2 aromatic rings. The largest absolute Gasteiger partial charge is 0.760 e. The number of aromatic nitrogens is 2. The number of rotatable bonds is 5. The van der Waals surface area contributed by atoms with Gasteiger partial charge in [0, 0.05) is 51.7 Å². The molecule has 0 radical (unpaired) electrons. The summed E-state index contributed by atoms with van der Waals surface area (Å²) in [5.74, 6) is 0. The first-order valence-electron chi connectivity index (χ1n) is 11.1. The van der Waals surface area contributed by atoms with E-state index in [1.807, 2.05) is 24.4 Å². The van der Waals surface area contributed by atoms with E-state index in [0.29, 0.717) is 5.03 Å². The summed E-state index contributed by atoms with van der Waals surface area (Å²) >= 11 is 6.81. The van der Waals surface area contributed by atoms with Crippen molar-refractivity contribution in [2.75, 3.05) is 39.3 Å². The van der Waals surface area contributed by atoms with Crippen LogP contribution in [0.4, 0.5) is 0 Å². The van der Waals surface area contributed by atoms with E-state index in [4.69, 9.17) is 12.6 Å². The molecule has 3 aliphatic heterocycles. The summed E-state index contributed by atoms with van der Waals surface area (Å²) < 4.78 is 8.59. The van der Waals surface area contributed by atoms with Crippen molar-refractivity contribution in [3.8, 4) is 0 Å². The molecular weight excluding hydrogens is 429 g/mol. The fraction of sp³-hybridized carbons (Fsp3) is 0.545. The van der Waals surface area contributed by atoms with E-state index < -0.39 is 6.92 Å². The quantitative estimate of drug-likeness (QED) is 0.451. The molecule has 0 spiro atoms. The molecule has 30 heavy (non-hydrogen) atoms. The van der Waals surface area contributed by atoms with Crippen molar-refractivity contribution in [2.45, 2.75) is 48.6 Å². The molecule has 8 heteroatoms. The number of hydrogen-bond acceptors (Lipinski definition) is 7. The van der Waals surface area contributed by atoms with Gasteiger partial charge in [-0.15, -0.1) is 14.0 Å². The van der Waals surface area contributed by atoms with Crippen LogP contribution in [0.3, 0.4) is 0 Å². The third-order valence-electron chi connectivity index (χ3n) is 5.84. The molecule has 3 fully saturated rings. The monoisotopic (exact) mass is 461 g/mol. The van der Waals surface area contributed by atoms with Crippen LogP contribution >= 0.6 is 18.3 Å². The SMILES string of the molecule is [S-]c1ccccn1.c1ccc(S[P+](N2CCCC2)(N2CCCC2)N2CCCC2)nc1. The second-order valence-corrected chi connectivity index (χ2v) is 13.7. The van der Waals surface area contributed by atoms with Crippen LogP contribution in [0.5, 0.6) is 0 Å². The molecule has 162 valence electrons. The maximum Gasteiger partial charge on any atom is 0.297 e. The molecule has 0 aromatic carbocycles. The Balaban J connectivity index is 0.000000265. The first-order chi connectivity index (χ1) is 14.8. The van der Waals surface area contributed by atoms with E-state index in [-0.39, 0.29) is 0 Å². The Morgan fingerprint density at radius 2 is 1.13 bits per heavy atom. The van der Waals surface area contributed by atoms with Gasteiger partial charge in [-0.25, -0.2) is 4.98 Å². The Kier molecular flexibility index (Phi) is 8.33. The van der Waals surface area contributed by atoms with Crippen LogP contribution in [-0.2, 0) is 12.6 Å². The van der Waals surface area contributed by atoms with Crippen molar-refractivity contribution >= 4 is 30.9 Å². The topological polar surface area (TPSA) is 35.5 Å². The maximum atomic E-state index is 4.70. The number of nitrogens with zero attached hydrogens (tertiary/aromatic N) is 5. The van der Waals surface area contributed by atoms with Crippen molar-refractivity contribution in [2.24, 2.45) is 0 Å². The third-order valence-corrected chi connectivity index (χ3v) is 13.5. The second kappa shape index (κ2) is 11.2. The first-order valence-corrected chi connectivity index (χ1v) is 14.6. The molecule has 0 amide bonds. The fourth-order valence-corrected chi connectivity index (χ4v) is 12.5. The van der Waals surface area contributed by atoms with Crippen LogP contribution < -0.4 is 0 Å². The van der Waals surface area contributed by atoms with Gasteiger partial charge in [0.1, 0.15) is 16.4 Å². The van der Waals surface area contributed by atoms with Gasteiger partial charge >= 0.3 is 0 Å². The molecule has 0 unspecified atom stereocenters. The van der Waals surface area contributed by atoms with Gasteiger partial charge in [0.15, 0.2) is 0 Å². The lowest BCUT2D eigenvalue weighted by atomic mass is 10.4. The summed E-state index contributed by atoms with van der Waals surface area (Å²) in [5, 5.41) is 1.87. The van der Waals surface area contributed by atoms with Gasteiger partial charge in [-0.2, -0.15) is 0 Å². The molecule has 0 aliphatic carbocycles. The lowest BCUT2D eigenvalue weighted by Gasteiger charge is -2.42. The zero-order chi connectivity index (χ0) is 20.7. The zero-order valence-corrected chi connectivity index (χ0v) is 20.1. The first kappa shape index (κ1) is 22.4. The predicted molar refractivity (Wildman–Crippen MR) is 129 cm³/mol. The molecule has 0 atom stereocenters. The van der Waals surface area contributed by atoms with E-state index in [9.17, 15) is 0 Å². The second-order valence-electron chi connectivity index (χ2n) is 7.92. The Morgan fingerprint density at radius 1 is 0.667 bits per heavy atom. The van der Waals surface area contributed by atoms with Crippen LogP contribution in [0.2, 0.25) is 0 Å². The summed E-state index contributed by atoms with van der Waals surface area (Å²) in [4.78, 5) is 8.48. The van der Waals surface area contributed by atoms with Crippen LogP contribution in [-0.4, -0.2) is 63.2 Å². The van der Waals surface area contributed by atoms with Crippen LogP contribution in [0.25, 0.3) is 0 Å². The smallest absolute Gasteiger partial charge is 0.297 e. The van der Waals surface area contributed by atoms with Crippen molar-refractivity contribution in [1.82, 2.24) is 24.0 Å². The van der Waals surface area contributed by atoms with Crippen LogP contribution in [0.1, 0.15) is 38.5 Å². The molecule has 3 saturated heterocycles. The average Bonchev–Trinajstić information content (AvgIpc) is 3.58. The maximum absolute atomic E-state index is 4.70. The minimum absolute atomic E-state index is 0.655. The summed E-state index contributed by atoms with van der Waals surface area (Å²) in [5.41, 5.74) is 0. The zero-order valence-electron chi connectivity index (χ0n) is 17.6. The highest BCUT2D eigenvalue weighted by molar-refractivity contribution is 8.60. The molecule has 0 N–H and O–H groups in total. The lowest BCUT2D eigenvalue weighted by Crippen LogP contribution is -2.40. The van der Waals surface area contributed by atoms with Gasteiger partial charge in [-0.1, -0.05) is 23.2 Å². The van der Waals surface area contributed by atoms with Crippen LogP contribution in [0.15, 0.2) is 58.8 Å². The van der Waals surface area contributed by atoms with Gasteiger partial charge in [0.25, 0.3) is 6.92 Å². The summed E-state index contributed by atoms with van der Waals surface area (Å²) in [6, 6.07) is 11.9. The minimum Gasteiger partial charge on any atom is -0.760 e. The van der Waals surface area contributed by atoms with E-state index in [2.05, 4.69) is 47.5 Å². The molecule has 2 aromatic heterocycles.